The Morgan fingerprint density at radius 2 is 1.46 bits per heavy atom. The zero-order chi connectivity index (χ0) is 18.8. The third kappa shape index (κ3) is 7.48. The first-order chi connectivity index (χ1) is 13.3. The number of morpholine rings is 1. The normalized spacial score (nSPS) is 15.5. The molecule has 0 spiro atoms. The summed E-state index contributed by atoms with van der Waals surface area (Å²) in [5.74, 6) is 1.82. The summed E-state index contributed by atoms with van der Waals surface area (Å²) in [6.07, 6.45) is 2.23. The summed E-state index contributed by atoms with van der Waals surface area (Å²) in [5.41, 5.74) is 1.38. The largest absolute Gasteiger partial charge is 0.494 e. The Labute approximate surface area is 194 Å². The van der Waals surface area contributed by atoms with Crippen LogP contribution in [0.5, 0.6) is 11.5 Å². The first kappa shape index (κ1) is 23.3. The Kier molecular flexibility index (Phi) is 10.5. The van der Waals surface area contributed by atoms with E-state index in [2.05, 4.69) is 37.3 Å². The maximum absolute atomic E-state index is 6.04. The Morgan fingerprint density at radius 3 is 2.07 bits per heavy atom. The average Bonchev–Trinajstić information content (AvgIpc) is 2.71. The van der Waals surface area contributed by atoms with E-state index in [1.165, 1.54) is 5.56 Å². The Balaban J connectivity index is 0.00000280. The average molecular weight is 459 g/mol. The van der Waals surface area contributed by atoms with Crippen molar-refractivity contribution in [2.24, 2.45) is 0 Å². The third-order valence-corrected chi connectivity index (χ3v) is 5.21. The maximum atomic E-state index is 6.04. The second-order valence-corrected chi connectivity index (χ2v) is 7.29. The smallest absolute Gasteiger partial charge is 0.137 e. The summed E-state index contributed by atoms with van der Waals surface area (Å²) in [4.78, 5) is 0. The minimum atomic E-state index is 0. The van der Waals surface area contributed by atoms with Gasteiger partial charge in [0.1, 0.15) is 44.3 Å². The van der Waals surface area contributed by atoms with E-state index in [1.807, 2.05) is 24.3 Å². The third-order valence-electron chi connectivity index (χ3n) is 5.21. The summed E-state index contributed by atoms with van der Waals surface area (Å²) in [5, 5.41) is 0. The molecule has 0 atom stereocenters. The number of hydrogen-bond acceptors (Lipinski definition) is 3. The molecule has 0 aliphatic carbocycles. The van der Waals surface area contributed by atoms with Crippen LogP contribution in [0.25, 0.3) is 0 Å². The zero-order valence-corrected chi connectivity index (χ0v) is 19.9. The summed E-state index contributed by atoms with van der Waals surface area (Å²) in [6, 6.07) is 18.7. The fourth-order valence-electron chi connectivity index (χ4n) is 3.49. The number of unbranched alkanes of at least 4 members (excludes halogenated alkanes) is 1. The molecule has 1 aliphatic heterocycles. The summed E-state index contributed by atoms with van der Waals surface area (Å²) >= 11 is 0. The number of ether oxygens (including phenoxy) is 3. The van der Waals surface area contributed by atoms with E-state index < -0.39 is 0 Å². The van der Waals surface area contributed by atoms with Crippen molar-refractivity contribution < 1.29 is 51.4 Å². The summed E-state index contributed by atoms with van der Waals surface area (Å²) in [7, 11) is 0. The van der Waals surface area contributed by atoms with Gasteiger partial charge in [0.05, 0.1) is 19.8 Å². The van der Waals surface area contributed by atoms with Crippen LogP contribution in [-0.4, -0.2) is 50.5 Å². The molecule has 1 aliphatic rings. The van der Waals surface area contributed by atoms with Crippen LogP contribution in [0, 0.1) is 0 Å². The van der Waals surface area contributed by atoms with Crippen LogP contribution in [0.3, 0.4) is 0 Å². The van der Waals surface area contributed by atoms with E-state index in [4.69, 9.17) is 14.2 Å². The number of nitrogens with zero attached hydrogens (tertiary/aromatic N) is 1. The van der Waals surface area contributed by atoms with Gasteiger partial charge in [0, 0.05) is 38.3 Å². The van der Waals surface area contributed by atoms with E-state index in [0.717, 1.165) is 74.8 Å². The second-order valence-electron chi connectivity index (χ2n) is 7.29. The molecule has 1 fully saturated rings. The van der Waals surface area contributed by atoms with Crippen molar-refractivity contribution in [1.29, 1.82) is 0 Å². The van der Waals surface area contributed by atoms with E-state index in [9.17, 15) is 0 Å². The quantitative estimate of drug-likeness (QED) is 0.392. The summed E-state index contributed by atoms with van der Waals surface area (Å²) < 4.78 is 18.4. The molecular weight excluding hydrogens is 427 g/mol. The van der Waals surface area contributed by atoms with E-state index in [-0.39, 0.29) is 32.7 Å². The molecule has 0 saturated carbocycles. The molecule has 3 rings (SSSR count). The van der Waals surface area contributed by atoms with Gasteiger partial charge in [-0.3, -0.25) is 0 Å². The van der Waals surface area contributed by atoms with Gasteiger partial charge in [-0.1, -0.05) is 43.7 Å². The van der Waals surface area contributed by atoms with Crippen LogP contribution in [0.15, 0.2) is 54.6 Å². The van der Waals surface area contributed by atoms with Crippen molar-refractivity contribution in [2.45, 2.75) is 26.3 Å². The van der Waals surface area contributed by atoms with Gasteiger partial charge in [0.2, 0.25) is 0 Å². The number of quaternary nitrogens is 1. The van der Waals surface area contributed by atoms with E-state index in [0.29, 0.717) is 6.61 Å². The molecule has 28 heavy (non-hydrogen) atoms. The monoisotopic (exact) mass is 459 g/mol. The van der Waals surface area contributed by atoms with Crippen LogP contribution in [0.1, 0.15) is 25.3 Å². The SMILES string of the molecule is CCCCOc1ccc(OCC[N+]2(Cc3ccccc3)CCOCC2)cc1.[Y]. The molecule has 5 heteroatoms. The predicted octanol–water partition coefficient (Wildman–Crippen LogP) is 4.29. The zero-order valence-electron chi connectivity index (χ0n) is 17.0. The number of hydrogen-bond donors (Lipinski definition) is 0. The number of rotatable bonds is 10. The molecule has 0 aromatic heterocycles. The van der Waals surface area contributed by atoms with Gasteiger partial charge < -0.3 is 18.7 Å². The van der Waals surface area contributed by atoms with Crippen LogP contribution < -0.4 is 9.47 Å². The molecule has 0 bridgehead atoms. The molecule has 1 saturated heterocycles. The molecule has 0 N–H and O–H groups in total. The van der Waals surface area contributed by atoms with Crippen molar-refractivity contribution in [3.05, 3.63) is 60.2 Å². The fourth-order valence-corrected chi connectivity index (χ4v) is 3.49. The van der Waals surface area contributed by atoms with Gasteiger partial charge in [0.15, 0.2) is 0 Å². The second kappa shape index (κ2) is 12.6. The molecule has 4 nitrogen and oxygen atoms in total. The first-order valence-electron chi connectivity index (χ1n) is 10.1. The van der Waals surface area contributed by atoms with Gasteiger partial charge in [-0.25, -0.2) is 0 Å². The van der Waals surface area contributed by atoms with Crippen LogP contribution >= 0.6 is 0 Å². The van der Waals surface area contributed by atoms with Crippen LogP contribution in [0.2, 0.25) is 0 Å². The molecule has 0 unspecified atom stereocenters. The van der Waals surface area contributed by atoms with Crippen molar-refractivity contribution in [3.8, 4) is 11.5 Å². The number of benzene rings is 2. The van der Waals surface area contributed by atoms with Crippen molar-refractivity contribution in [2.75, 3.05) is 46.1 Å². The molecule has 149 valence electrons. The van der Waals surface area contributed by atoms with Crippen LogP contribution in [-0.2, 0) is 44.0 Å². The Bertz CT molecular complexity index is 657. The molecule has 2 aromatic rings. The standard InChI is InChI=1S/C23H32NO3.Y/c1-2-3-16-26-22-9-11-23(12-10-22)27-19-15-24(13-17-25-18-14-24)20-21-7-5-4-6-8-21;/h4-12H,2-3,13-20H2,1H3;/q+1;. The van der Waals surface area contributed by atoms with Crippen molar-refractivity contribution in [3.63, 3.8) is 0 Å². The van der Waals surface area contributed by atoms with E-state index in [1.54, 1.807) is 0 Å². The van der Waals surface area contributed by atoms with Gasteiger partial charge >= 0.3 is 0 Å². The Hall–Kier alpha value is -0.936. The maximum Gasteiger partial charge on any atom is 0.137 e. The molecule has 2 aromatic carbocycles. The minimum absolute atomic E-state index is 0. The minimum Gasteiger partial charge on any atom is -0.494 e. The van der Waals surface area contributed by atoms with Gasteiger partial charge in [-0.2, -0.15) is 0 Å². The van der Waals surface area contributed by atoms with Crippen molar-refractivity contribution in [1.82, 2.24) is 0 Å². The first-order valence-corrected chi connectivity index (χ1v) is 10.1. The molecular formula is C23H32NO3Y+. The van der Waals surface area contributed by atoms with Gasteiger partial charge in [0.25, 0.3) is 0 Å². The Morgan fingerprint density at radius 1 is 0.857 bits per heavy atom. The molecule has 1 heterocycles. The van der Waals surface area contributed by atoms with Crippen LogP contribution in [0.4, 0.5) is 0 Å². The van der Waals surface area contributed by atoms with Gasteiger partial charge in [-0.15, -0.1) is 0 Å². The molecule has 1 radical (unpaired) electrons. The summed E-state index contributed by atoms with van der Waals surface area (Å²) in [6.45, 7) is 9.44. The molecule has 0 amide bonds. The van der Waals surface area contributed by atoms with E-state index >= 15 is 0 Å². The fraction of sp³-hybridized carbons (Fsp3) is 0.478. The van der Waals surface area contributed by atoms with Crippen molar-refractivity contribution >= 4 is 0 Å². The topological polar surface area (TPSA) is 27.7 Å². The van der Waals surface area contributed by atoms with Gasteiger partial charge in [-0.05, 0) is 30.7 Å². The predicted molar refractivity (Wildman–Crippen MR) is 108 cm³/mol.